The first-order valence-corrected chi connectivity index (χ1v) is 25.7. The van der Waals surface area contributed by atoms with Gasteiger partial charge in [-0.15, -0.1) is 0 Å². The monoisotopic (exact) mass is 1040 g/mol. The summed E-state index contributed by atoms with van der Waals surface area (Å²) in [7, 11) is 0. The van der Waals surface area contributed by atoms with Gasteiger partial charge in [0.1, 0.15) is 0 Å². The van der Waals surface area contributed by atoms with Gasteiger partial charge in [0.25, 0.3) is 0 Å². The average Bonchev–Trinajstić information content (AvgIpc) is 4.16. The number of anilines is 5. The Balaban J connectivity index is 0.000000174. The number of nitrogen functional groups attached to an aromatic ring is 5. The minimum Gasteiger partial charge on any atom is -0.380 e. The molecule has 6 heterocycles. The Labute approximate surface area is 447 Å². The molecule has 6 aromatic heterocycles. The number of hydrogen-bond donors (Lipinski definition) is 5. The topological polar surface area (TPSA) is 273 Å². The largest absolute Gasteiger partial charge is 0.380 e. The fourth-order valence-corrected chi connectivity index (χ4v) is 8.59. The van der Waals surface area contributed by atoms with E-state index < -0.39 is 0 Å². The third-order valence-corrected chi connectivity index (χ3v) is 12.5. The fraction of sp³-hybridized carbons (Fsp3) is 0.433. The Morgan fingerprint density at radius 1 is 0.355 bits per heavy atom. The third kappa shape index (κ3) is 13.1. The highest BCUT2D eigenvalue weighted by atomic mass is 16.5. The molecule has 0 aliphatic carbocycles. The second-order valence-electron chi connectivity index (χ2n) is 24.3. The van der Waals surface area contributed by atoms with Crippen LogP contribution < -0.4 is 28.7 Å². The van der Waals surface area contributed by atoms with E-state index in [-0.39, 0.29) is 27.1 Å². The number of fused-ring (bicyclic) bond motifs is 5. The molecule has 0 amide bonds. The molecule has 0 fully saturated rings. The minimum absolute atomic E-state index is 0.0379. The second-order valence-corrected chi connectivity index (χ2v) is 24.3. The Bertz CT molecular complexity index is 3400. The Morgan fingerprint density at radius 2 is 0.711 bits per heavy atom. The maximum atomic E-state index is 5.78. The van der Waals surface area contributed by atoms with Crippen molar-refractivity contribution in [2.24, 2.45) is 0 Å². The van der Waals surface area contributed by atoms with E-state index in [0.717, 1.165) is 88.3 Å². The number of hydrogen-bond acceptors (Lipinski definition) is 16. The van der Waals surface area contributed by atoms with Crippen molar-refractivity contribution in [3.8, 4) is 0 Å². The molecule has 0 radical (unpaired) electrons. The van der Waals surface area contributed by atoms with Gasteiger partial charge in [-0.25, -0.2) is 0 Å². The van der Waals surface area contributed by atoms with Crippen molar-refractivity contribution in [2.45, 2.75) is 172 Å². The number of aryl methyl sites for hydroxylation is 4. The summed E-state index contributed by atoms with van der Waals surface area (Å²) >= 11 is 0. The van der Waals surface area contributed by atoms with Crippen LogP contribution in [0.2, 0.25) is 0 Å². The summed E-state index contributed by atoms with van der Waals surface area (Å²) in [5, 5.41) is 23.6. The number of nitrogens with two attached hydrogens (primary N) is 5. The second kappa shape index (κ2) is 22.3. The van der Waals surface area contributed by atoms with E-state index in [0.29, 0.717) is 34.7 Å². The molecule has 0 aliphatic heterocycles. The molecule has 16 heteroatoms. The summed E-state index contributed by atoms with van der Waals surface area (Å²) in [5.41, 5.74) is 42.7. The predicted molar refractivity (Wildman–Crippen MR) is 314 cm³/mol. The molecule has 16 nitrogen and oxygen atoms in total. The van der Waals surface area contributed by atoms with E-state index >= 15 is 0 Å². The summed E-state index contributed by atoms with van der Waals surface area (Å²) in [5.74, 6) is 2.33. The molecule has 0 bridgehead atoms. The van der Waals surface area contributed by atoms with Gasteiger partial charge in [0.2, 0.25) is 0 Å². The van der Waals surface area contributed by atoms with Crippen LogP contribution in [-0.4, -0.2) is 30.8 Å². The Kier molecular flexibility index (Phi) is 17.4. The van der Waals surface area contributed by atoms with Gasteiger partial charge in [-0.1, -0.05) is 180 Å². The van der Waals surface area contributed by atoms with Gasteiger partial charge in [0.15, 0.2) is 57.0 Å². The van der Waals surface area contributed by atoms with Crippen LogP contribution >= 0.6 is 0 Å². The van der Waals surface area contributed by atoms with Gasteiger partial charge in [0, 0.05) is 33.9 Å². The molecule has 76 heavy (non-hydrogen) atoms. The molecule has 0 spiro atoms. The molecule has 0 unspecified atom stereocenters. The molecule has 10 rings (SSSR count). The smallest absolute Gasteiger partial charge is 0.191 e. The van der Waals surface area contributed by atoms with E-state index in [1.807, 2.05) is 64.2 Å². The highest BCUT2D eigenvalue weighted by molar-refractivity contribution is 5.94. The Hall–Kier alpha value is -7.62. The quantitative estimate of drug-likeness (QED) is 0.0944. The normalized spacial score (nSPS) is 12.0. The lowest BCUT2D eigenvalue weighted by atomic mass is 9.85. The summed E-state index contributed by atoms with van der Waals surface area (Å²) < 4.78 is 26.4. The number of para-hydroxylation sites is 1. The van der Waals surface area contributed by atoms with E-state index in [1.54, 1.807) is 0 Å². The van der Waals surface area contributed by atoms with Gasteiger partial charge in [0.05, 0.1) is 32.6 Å². The van der Waals surface area contributed by atoms with E-state index in [9.17, 15) is 0 Å². The molecule has 408 valence electrons. The molecule has 0 atom stereocenters. The predicted octanol–water partition coefficient (Wildman–Crippen LogP) is 15.2. The van der Waals surface area contributed by atoms with Crippen LogP contribution in [-0.2, 0) is 27.1 Å². The van der Waals surface area contributed by atoms with Gasteiger partial charge >= 0.3 is 0 Å². The van der Waals surface area contributed by atoms with E-state index in [2.05, 4.69) is 173 Å². The first-order chi connectivity index (χ1) is 35.1. The summed E-state index contributed by atoms with van der Waals surface area (Å²) in [6.45, 7) is 44.1. The zero-order valence-corrected chi connectivity index (χ0v) is 48.9. The number of benzene rings is 4. The zero-order valence-electron chi connectivity index (χ0n) is 48.9. The number of nitrogens with zero attached hydrogens (tertiary/aromatic N) is 6. The summed E-state index contributed by atoms with van der Waals surface area (Å²) in [6.07, 6.45) is 1.82. The van der Waals surface area contributed by atoms with Crippen molar-refractivity contribution in [3.63, 3.8) is 0 Å². The molecular weight excluding hydrogens is 955 g/mol. The van der Waals surface area contributed by atoms with Crippen molar-refractivity contribution in [2.75, 3.05) is 28.7 Å². The fourth-order valence-electron chi connectivity index (χ4n) is 8.59. The van der Waals surface area contributed by atoms with Crippen molar-refractivity contribution in [3.05, 3.63) is 111 Å². The van der Waals surface area contributed by atoms with Crippen LogP contribution in [0, 0.1) is 27.7 Å². The standard InChI is InChI=1S/3C12H16N2O.C11H15N3O.C11H14N2O.C2H6/c2*1-7-5-8-10(15-14-11(8)13)9(6-7)12(2,3)4;1-7-5-6-8(12(2,3)4)10-9(7)11(13)14-15-10;1-6-5-13-9(11(2,3)4)8-7(6)10(12)14-15-8;1-11(2,3)8-6-4-5-7-9(8)14-13-10(7)12;1-2/h3*5-6H,1-4H3,(H2,13,14);5H,1-4H3,(H2,12,14);4-6H,1-3H3,(H2,12,13);1-2H3. The average molecular weight is 1040 g/mol. The molecule has 4 aromatic carbocycles. The van der Waals surface area contributed by atoms with Crippen LogP contribution in [0.5, 0.6) is 0 Å². The summed E-state index contributed by atoms with van der Waals surface area (Å²) in [6, 6.07) is 18.4. The maximum absolute atomic E-state index is 5.78. The molecule has 0 saturated carbocycles. The minimum atomic E-state index is -0.0715. The molecule has 10 aromatic rings. The zero-order chi connectivity index (χ0) is 57.2. The van der Waals surface area contributed by atoms with Crippen molar-refractivity contribution in [1.82, 2.24) is 30.8 Å². The van der Waals surface area contributed by atoms with E-state index in [1.165, 1.54) is 11.1 Å². The van der Waals surface area contributed by atoms with Gasteiger partial charge in [-0.2, -0.15) is 0 Å². The third-order valence-electron chi connectivity index (χ3n) is 12.5. The molecule has 0 saturated heterocycles. The number of rotatable bonds is 0. The first kappa shape index (κ1) is 59.3. The number of pyridine rings is 1. The highest BCUT2D eigenvalue weighted by Gasteiger charge is 2.26. The molecule has 0 aliphatic rings. The maximum Gasteiger partial charge on any atom is 0.191 e. The lowest BCUT2D eigenvalue weighted by Gasteiger charge is -2.19. The van der Waals surface area contributed by atoms with Crippen LogP contribution in [0.15, 0.2) is 83.4 Å². The first-order valence-electron chi connectivity index (χ1n) is 25.7. The Morgan fingerprint density at radius 3 is 1.13 bits per heavy atom. The van der Waals surface area contributed by atoms with Crippen LogP contribution in [0.4, 0.5) is 29.1 Å². The van der Waals surface area contributed by atoms with Gasteiger partial charge in [-0.3, -0.25) is 4.98 Å². The van der Waals surface area contributed by atoms with Gasteiger partial charge in [-0.05, 0) is 89.8 Å². The highest BCUT2D eigenvalue weighted by Crippen LogP contribution is 2.38. The van der Waals surface area contributed by atoms with Gasteiger partial charge < -0.3 is 51.3 Å². The lowest BCUT2D eigenvalue weighted by Crippen LogP contribution is -2.13. The van der Waals surface area contributed by atoms with Crippen LogP contribution in [0.1, 0.15) is 168 Å². The van der Waals surface area contributed by atoms with Crippen LogP contribution in [0.25, 0.3) is 54.8 Å². The van der Waals surface area contributed by atoms with Crippen molar-refractivity contribution >= 4 is 83.9 Å². The van der Waals surface area contributed by atoms with Crippen LogP contribution in [0.3, 0.4) is 0 Å². The van der Waals surface area contributed by atoms with Crippen molar-refractivity contribution < 1.29 is 22.6 Å². The lowest BCUT2D eigenvalue weighted by molar-refractivity contribution is 0.446. The SMILES string of the molecule is CC.CC(C)(C)c1cccc2c(N)noc12.Cc1cc(C(C)(C)C)c2onc(N)c2c1.Cc1cc(C(C)(C)C)c2onc(N)c2c1.Cc1ccc(C(C)(C)C)c2onc(N)c12.Cc1cnc(C(C)(C)C)c2onc(N)c12. The summed E-state index contributed by atoms with van der Waals surface area (Å²) in [4.78, 5) is 4.40. The molecule has 10 N–H and O–H groups in total. The molecular formula is C60H83N11O5. The van der Waals surface area contributed by atoms with E-state index in [4.69, 9.17) is 51.3 Å². The number of aromatic nitrogens is 6. The van der Waals surface area contributed by atoms with Crippen molar-refractivity contribution in [1.29, 1.82) is 0 Å².